The van der Waals surface area contributed by atoms with E-state index in [0.717, 1.165) is 5.56 Å². The van der Waals surface area contributed by atoms with E-state index in [-0.39, 0.29) is 18.5 Å². The van der Waals surface area contributed by atoms with Gasteiger partial charge in [-0.2, -0.15) is 0 Å². The van der Waals surface area contributed by atoms with Gasteiger partial charge in [0.05, 0.1) is 5.69 Å². The molecule has 0 aliphatic rings. The van der Waals surface area contributed by atoms with Crippen LogP contribution in [0.5, 0.6) is 0 Å². The van der Waals surface area contributed by atoms with Crippen LogP contribution in [0.2, 0.25) is 0 Å². The van der Waals surface area contributed by atoms with E-state index in [0.29, 0.717) is 0 Å². The summed E-state index contributed by atoms with van der Waals surface area (Å²) in [6, 6.07) is 3.57. The van der Waals surface area contributed by atoms with Gasteiger partial charge in [-0.05, 0) is 37.5 Å². The number of aryl methyl sites for hydroxylation is 1. The molecule has 0 unspecified atom stereocenters. The SMILES string of the molecule is CCC(CC)(NC(=O)Nc1cc(C)ccc1F)C(=O)O. The van der Waals surface area contributed by atoms with Crippen molar-refractivity contribution in [2.24, 2.45) is 0 Å². The van der Waals surface area contributed by atoms with Gasteiger partial charge in [0.15, 0.2) is 0 Å². The third kappa shape index (κ3) is 3.46. The summed E-state index contributed by atoms with van der Waals surface area (Å²) in [4.78, 5) is 23.1. The minimum absolute atomic E-state index is 0.0222. The zero-order valence-corrected chi connectivity index (χ0v) is 11.8. The van der Waals surface area contributed by atoms with Crippen molar-refractivity contribution in [2.45, 2.75) is 39.2 Å². The second-order valence-corrected chi connectivity index (χ2v) is 4.66. The molecular formula is C14H19FN2O3. The molecular weight excluding hydrogens is 263 g/mol. The molecule has 0 heterocycles. The molecule has 0 atom stereocenters. The van der Waals surface area contributed by atoms with E-state index < -0.39 is 23.4 Å². The molecule has 0 aliphatic heterocycles. The largest absolute Gasteiger partial charge is 0.480 e. The minimum Gasteiger partial charge on any atom is -0.480 e. The molecule has 0 bridgehead atoms. The quantitative estimate of drug-likeness (QED) is 0.777. The summed E-state index contributed by atoms with van der Waals surface area (Å²) in [5, 5.41) is 14.0. The van der Waals surface area contributed by atoms with Gasteiger partial charge >= 0.3 is 12.0 Å². The fourth-order valence-electron chi connectivity index (χ4n) is 1.89. The number of aliphatic carboxylic acids is 1. The summed E-state index contributed by atoms with van der Waals surface area (Å²) in [6.07, 6.45) is 0.477. The van der Waals surface area contributed by atoms with Crippen molar-refractivity contribution in [3.05, 3.63) is 29.6 Å². The van der Waals surface area contributed by atoms with Gasteiger partial charge in [-0.25, -0.2) is 14.0 Å². The zero-order valence-electron chi connectivity index (χ0n) is 11.8. The van der Waals surface area contributed by atoms with Crippen LogP contribution in [-0.4, -0.2) is 22.6 Å². The molecule has 2 amide bonds. The van der Waals surface area contributed by atoms with Crippen molar-refractivity contribution >= 4 is 17.7 Å². The second-order valence-electron chi connectivity index (χ2n) is 4.66. The number of carboxylic acids is 1. The molecule has 0 aliphatic carbocycles. The molecule has 5 nitrogen and oxygen atoms in total. The zero-order chi connectivity index (χ0) is 15.3. The highest BCUT2D eigenvalue weighted by Gasteiger charge is 2.36. The Bertz CT molecular complexity index is 513. The number of urea groups is 1. The van der Waals surface area contributed by atoms with Crippen molar-refractivity contribution in [1.29, 1.82) is 0 Å². The minimum atomic E-state index is -1.34. The number of nitrogens with one attached hydrogen (secondary N) is 2. The van der Waals surface area contributed by atoms with E-state index in [9.17, 15) is 19.1 Å². The molecule has 0 radical (unpaired) electrons. The number of hydrogen-bond acceptors (Lipinski definition) is 2. The van der Waals surface area contributed by atoms with Crippen LogP contribution in [0.1, 0.15) is 32.3 Å². The first kappa shape index (κ1) is 15.9. The topological polar surface area (TPSA) is 78.4 Å². The van der Waals surface area contributed by atoms with Gasteiger partial charge in [-0.3, -0.25) is 0 Å². The van der Waals surface area contributed by atoms with Crippen LogP contribution in [0.25, 0.3) is 0 Å². The smallest absolute Gasteiger partial charge is 0.329 e. The van der Waals surface area contributed by atoms with Crippen molar-refractivity contribution in [3.63, 3.8) is 0 Å². The normalized spacial score (nSPS) is 11.0. The summed E-state index contributed by atoms with van der Waals surface area (Å²) in [6.45, 7) is 5.11. The third-order valence-corrected chi connectivity index (χ3v) is 3.34. The lowest BCUT2D eigenvalue weighted by molar-refractivity contribution is -0.144. The van der Waals surface area contributed by atoms with Crippen molar-refractivity contribution < 1.29 is 19.1 Å². The Kier molecular flexibility index (Phi) is 5.07. The fourth-order valence-corrected chi connectivity index (χ4v) is 1.89. The monoisotopic (exact) mass is 282 g/mol. The van der Waals surface area contributed by atoms with E-state index in [1.165, 1.54) is 12.1 Å². The van der Waals surface area contributed by atoms with E-state index in [1.807, 2.05) is 0 Å². The number of carbonyl (C=O) groups excluding carboxylic acids is 1. The lowest BCUT2D eigenvalue weighted by Gasteiger charge is -2.28. The highest BCUT2D eigenvalue weighted by Crippen LogP contribution is 2.18. The standard InChI is InChI=1S/C14H19FN2O3/c1-4-14(5-2,12(18)19)17-13(20)16-11-8-9(3)6-7-10(11)15/h6-8H,4-5H2,1-3H3,(H,18,19)(H2,16,17,20). The number of amides is 2. The predicted molar refractivity (Wildman–Crippen MR) is 74.2 cm³/mol. The van der Waals surface area contributed by atoms with E-state index >= 15 is 0 Å². The number of hydrogen-bond donors (Lipinski definition) is 3. The fraction of sp³-hybridized carbons (Fsp3) is 0.429. The van der Waals surface area contributed by atoms with Gasteiger partial charge in [0.25, 0.3) is 0 Å². The summed E-state index contributed by atoms with van der Waals surface area (Å²) < 4.78 is 13.5. The first-order valence-electron chi connectivity index (χ1n) is 6.43. The van der Waals surface area contributed by atoms with Crippen molar-refractivity contribution in [1.82, 2.24) is 5.32 Å². The maximum atomic E-state index is 13.5. The lowest BCUT2D eigenvalue weighted by Crippen LogP contribution is -2.55. The number of anilines is 1. The summed E-state index contributed by atoms with van der Waals surface area (Å²) in [5.41, 5.74) is -0.532. The molecule has 1 aromatic rings. The maximum Gasteiger partial charge on any atom is 0.329 e. The molecule has 3 N–H and O–H groups in total. The molecule has 0 saturated heterocycles. The Labute approximate surface area is 117 Å². The molecule has 0 spiro atoms. The van der Waals surface area contributed by atoms with Gasteiger partial charge in [-0.1, -0.05) is 19.9 Å². The number of carbonyl (C=O) groups is 2. The van der Waals surface area contributed by atoms with Gasteiger partial charge < -0.3 is 15.7 Å². The van der Waals surface area contributed by atoms with Gasteiger partial charge in [0.2, 0.25) is 0 Å². The van der Waals surface area contributed by atoms with Gasteiger partial charge in [-0.15, -0.1) is 0 Å². The molecule has 1 rings (SSSR count). The van der Waals surface area contributed by atoms with E-state index in [1.54, 1.807) is 26.8 Å². The Balaban J connectivity index is 2.86. The van der Waals surface area contributed by atoms with Crippen LogP contribution >= 0.6 is 0 Å². The average Bonchev–Trinajstić information content (AvgIpc) is 2.40. The predicted octanol–water partition coefficient (Wildman–Crippen LogP) is 2.90. The van der Waals surface area contributed by atoms with Crippen LogP contribution < -0.4 is 10.6 Å². The van der Waals surface area contributed by atoms with Gasteiger partial charge in [0.1, 0.15) is 11.4 Å². The number of benzene rings is 1. The number of halogens is 1. The van der Waals surface area contributed by atoms with Crippen molar-refractivity contribution in [3.8, 4) is 0 Å². The highest BCUT2D eigenvalue weighted by molar-refractivity contribution is 5.94. The first-order valence-corrected chi connectivity index (χ1v) is 6.43. The average molecular weight is 282 g/mol. The summed E-state index contributed by atoms with van der Waals surface area (Å²) in [5.74, 6) is -1.68. The summed E-state index contributed by atoms with van der Waals surface area (Å²) >= 11 is 0. The lowest BCUT2D eigenvalue weighted by atomic mass is 9.93. The second kappa shape index (κ2) is 6.36. The van der Waals surface area contributed by atoms with E-state index in [4.69, 9.17) is 0 Å². The highest BCUT2D eigenvalue weighted by atomic mass is 19.1. The molecule has 20 heavy (non-hydrogen) atoms. The molecule has 6 heteroatoms. The maximum absolute atomic E-state index is 13.5. The Morgan fingerprint density at radius 1 is 1.30 bits per heavy atom. The Morgan fingerprint density at radius 2 is 1.90 bits per heavy atom. The van der Waals surface area contributed by atoms with Crippen LogP contribution in [0.3, 0.4) is 0 Å². The Morgan fingerprint density at radius 3 is 2.40 bits per heavy atom. The number of rotatable bonds is 5. The molecule has 0 fully saturated rings. The Hall–Kier alpha value is -2.11. The van der Waals surface area contributed by atoms with Crippen molar-refractivity contribution in [2.75, 3.05) is 5.32 Å². The molecule has 110 valence electrons. The van der Waals surface area contributed by atoms with Crippen LogP contribution in [0.15, 0.2) is 18.2 Å². The number of carboxylic acid groups (broad SMARTS) is 1. The third-order valence-electron chi connectivity index (χ3n) is 3.34. The molecule has 1 aromatic carbocycles. The van der Waals surface area contributed by atoms with E-state index in [2.05, 4.69) is 10.6 Å². The molecule has 0 aromatic heterocycles. The van der Waals surface area contributed by atoms with Crippen LogP contribution in [0, 0.1) is 12.7 Å². The first-order chi connectivity index (χ1) is 9.34. The van der Waals surface area contributed by atoms with Crippen LogP contribution in [-0.2, 0) is 4.79 Å². The summed E-state index contributed by atoms with van der Waals surface area (Å²) in [7, 11) is 0. The molecule has 0 saturated carbocycles. The van der Waals surface area contributed by atoms with Crippen LogP contribution in [0.4, 0.5) is 14.9 Å². The van der Waals surface area contributed by atoms with Gasteiger partial charge in [0, 0.05) is 0 Å².